The second kappa shape index (κ2) is 6.72. The number of hydrogen-bond donors (Lipinski definition) is 0. The quantitative estimate of drug-likeness (QED) is 0.791. The van der Waals surface area contributed by atoms with Crippen LogP contribution in [0.3, 0.4) is 0 Å². The normalized spacial score (nSPS) is 27.9. The average Bonchev–Trinajstić information content (AvgIpc) is 2.86. The number of halogens is 3. The number of piperazine rings is 1. The number of cyclic esters (lactones) is 1. The molecule has 3 atom stereocenters. The van der Waals surface area contributed by atoms with Crippen molar-refractivity contribution in [1.29, 1.82) is 0 Å². The standard InChI is InChI=1S/C17H21F3N2O2/c1-12-11-14(16(23)24-12)21-7-9-22(10-8-21)15(17(18,19)20)13-5-3-2-4-6-13/h2-6,12,14-15H,7-11H2,1H3/t12-,14-,15-/m1/s1. The van der Waals surface area contributed by atoms with Crippen LogP contribution in [0.15, 0.2) is 30.3 Å². The summed E-state index contributed by atoms with van der Waals surface area (Å²) in [6.45, 7) is 3.26. The smallest absolute Gasteiger partial charge is 0.408 e. The average molecular weight is 342 g/mol. The molecule has 3 rings (SSSR count). The van der Waals surface area contributed by atoms with Gasteiger partial charge in [-0.3, -0.25) is 14.6 Å². The highest BCUT2D eigenvalue weighted by atomic mass is 19.4. The van der Waals surface area contributed by atoms with Crippen molar-refractivity contribution < 1.29 is 22.7 Å². The number of carbonyl (C=O) groups is 1. The molecule has 0 amide bonds. The summed E-state index contributed by atoms with van der Waals surface area (Å²) in [6, 6.07) is 6.07. The third-order valence-corrected chi connectivity index (χ3v) is 4.72. The largest absolute Gasteiger partial charge is 0.461 e. The molecule has 2 heterocycles. The molecule has 7 heteroatoms. The van der Waals surface area contributed by atoms with Crippen LogP contribution in [-0.4, -0.2) is 60.3 Å². The van der Waals surface area contributed by atoms with Gasteiger partial charge in [0.1, 0.15) is 18.2 Å². The molecule has 24 heavy (non-hydrogen) atoms. The van der Waals surface area contributed by atoms with Crippen LogP contribution >= 0.6 is 0 Å². The first-order valence-corrected chi connectivity index (χ1v) is 8.16. The van der Waals surface area contributed by atoms with Crippen molar-refractivity contribution in [3.05, 3.63) is 35.9 Å². The molecule has 0 aliphatic carbocycles. The molecule has 0 spiro atoms. The van der Waals surface area contributed by atoms with E-state index in [1.54, 1.807) is 18.2 Å². The summed E-state index contributed by atoms with van der Waals surface area (Å²) in [5, 5.41) is 0. The molecule has 0 aromatic heterocycles. The van der Waals surface area contributed by atoms with Gasteiger partial charge in [0.25, 0.3) is 0 Å². The Bertz CT molecular complexity index is 571. The summed E-state index contributed by atoms with van der Waals surface area (Å²) >= 11 is 0. The van der Waals surface area contributed by atoms with Crippen LogP contribution in [0.2, 0.25) is 0 Å². The molecule has 0 unspecified atom stereocenters. The lowest BCUT2D eigenvalue weighted by Gasteiger charge is -2.41. The fourth-order valence-electron chi connectivity index (χ4n) is 3.58. The van der Waals surface area contributed by atoms with Crippen molar-refractivity contribution in [3.8, 4) is 0 Å². The second-order valence-corrected chi connectivity index (χ2v) is 6.43. The highest BCUT2D eigenvalue weighted by Gasteiger charge is 2.46. The predicted molar refractivity (Wildman–Crippen MR) is 82.3 cm³/mol. The fraction of sp³-hybridized carbons (Fsp3) is 0.588. The molecular formula is C17H21F3N2O2. The number of benzene rings is 1. The van der Waals surface area contributed by atoms with Gasteiger partial charge in [0.2, 0.25) is 0 Å². The minimum atomic E-state index is -4.33. The predicted octanol–water partition coefficient (Wildman–Crippen LogP) is 2.61. The van der Waals surface area contributed by atoms with Crippen molar-refractivity contribution in [3.63, 3.8) is 0 Å². The highest BCUT2D eigenvalue weighted by molar-refractivity contribution is 5.78. The van der Waals surface area contributed by atoms with Gasteiger partial charge in [0.05, 0.1) is 0 Å². The molecule has 2 aliphatic rings. The second-order valence-electron chi connectivity index (χ2n) is 6.43. The number of rotatable bonds is 3. The van der Waals surface area contributed by atoms with Gasteiger partial charge < -0.3 is 4.74 Å². The molecule has 0 N–H and O–H groups in total. The Morgan fingerprint density at radius 1 is 1.12 bits per heavy atom. The van der Waals surface area contributed by atoms with Gasteiger partial charge in [-0.05, 0) is 12.5 Å². The first-order valence-electron chi connectivity index (χ1n) is 8.16. The maximum absolute atomic E-state index is 13.6. The molecule has 0 radical (unpaired) electrons. The lowest BCUT2D eigenvalue weighted by atomic mass is 10.0. The third kappa shape index (κ3) is 3.57. The van der Waals surface area contributed by atoms with Gasteiger partial charge in [-0.2, -0.15) is 13.2 Å². The Kier molecular flexibility index (Phi) is 4.83. The molecule has 0 saturated carbocycles. The molecular weight excluding hydrogens is 321 g/mol. The topological polar surface area (TPSA) is 32.8 Å². The third-order valence-electron chi connectivity index (χ3n) is 4.72. The number of alkyl halides is 3. The summed E-state index contributed by atoms with van der Waals surface area (Å²) in [5.41, 5.74) is 0.257. The Labute approximate surface area is 139 Å². The van der Waals surface area contributed by atoms with Gasteiger partial charge in [-0.25, -0.2) is 0 Å². The van der Waals surface area contributed by atoms with Crippen molar-refractivity contribution in [2.75, 3.05) is 26.2 Å². The minimum Gasteiger partial charge on any atom is -0.461 e. The van der Waals surface area contributed by atoms with Crippen molar-refractivity contribution in [1.82, 2.24) is 9.80 Å². The zero-order valence-corrected chi connectivity index (χ0v) is 13.5. The summed E-state index contributed by atoms with van der Waals surface area (Å²) in [7, 11) is 0. The molecule has 1 aromatic carbocycles. The van der Waals surface area contributed by atoms with Crippen LogP contribution in [0, 0.1) is 0 Å². The van der Waals surface area contributed by atoms with E-state index in [9.17, 15) is 18.0 Å². The number of esters is 1. The van der Waals surface area contributed by atoms with E-state index >= 15 is 0 Å². The van der Waals surface area contributed by atoms with Crippen LogP contribution in [0.1, 0.15) is 24.9 Å². The van der Waals surface area contributed by atoms with Gasteiger partial charge in [-0.1, -0.05) is 30.3 Å². The van der Waals surface area contributed by atoms with Gasteiger partial charge in [0.15, 0.2) is 0 Å². The number of ether oxygens (including phenoxy) is 1. The van der Waals surface area contributed by atoms with E-state index in [0.29, 0.717) is 19.5 Å². The maximum Gasteiger partial charge on any atom is 0.408 e. The molecule has 0 bridgehead atoms. The molecule has 2 aliphatic heterocycles. The molecule has 1 aromatic rings. The fourth-order valence-corrected chi connectivity index (χ4v) is 3.58. The Hall–Kier alpha value is -1.60. The lowest BCUT2D eigenvalue weighted by Crippen LogP contribution is -2.54. The zero-order valence-electron chi connectivity index (χ0n) is 13.5. The van der Waals surface area contributed by atoms with Gasteiger partial charge in [0, 0.05) is 32.6 Å². The first-order chi connectivity index (χ1) is 11.4. The van der Waals surface area contributed by atoms with Crippen molar-refractivity contribution in [2.45, 2.75) is 37.7 Å². The van der Waals surface area contributed by atoms with E-state index in [0.717, 1.165) is 0 Å². The Morgan fingerprint density at radius 3 is 2.25 bits per heavy atom. The van der Waals surface area contributed by atoms with E-state index in [4.69, 9.17) is 4.74 Å². The van der Waals surface area contributed by atoms with E-state index in [2.05, 4.69) is 0 Å². The van der Waals surface area contributed by atoms with E-state index in [1.807, 2.05) is 11.8 Å². The SMILES string of the molecule is C[C@@H]1C[C@@H](N2CCN([C@H](c3ccccc3)C(F)(F)F)CC2)C(=O)O1. The summed E-state index contributed by atoms with van der Waals surface area (Å²) in [6.07, 6.45) is -3.84. The molecule has 2 saturated heterocycles. The maximum atomic E-state index is 13.6. The highest BCUT2D eigenvalue weighted by Crippen LogP contribution is 2.38. The summed E-state index contributed by atoms with van der Waals surface area (Å²) < 4.78 is 45.9. The number of hydrogen-bond acceptors (Lipinski definition) is 4. The zero-order chi connectivity index (χ0) is 17.3. The summed E-state index contributed by atoms with van der Waals surface area (Å²) in [4.78, 5) is 15.2. The summed E-state index contributed by atoms with van der Waals surface area (Å²) in [5.74, 6) is -0.258. The van der Waals surface area contributed by atoms with Crippen LogP contribution in [0.4, 0.5) is 13.2 Å². The number of nitrogens with zero attached hydrogens (tertiary/aromatic N) is 2. The minimum absolute atomic E-state index is 0.118. The lowest BCUT2D eigenvalue weighted by molar-refractivity contribution is -0.191. The monoisotopic (exact) mass is 342 g/mol. The van der Waals surface area contributed by atoms with Crippen LogP contribution in [-0.2, 0) is 9.53 Å². The molecule has 2 fully saturated rings. The van der Waals surface area contributed by atoms with Gasteiger partial charge >= 0.3 is 12.1 Å². The van der Waals surface area contributed by atoms with Gasteiger partial charge in [-0.15, -0.1) is 0 Å². The molecule has 132 valence electrons. The first kappa shape index (κ1) is 17.2. The Morgan fingerprint density at radius 2 is 1.75 bits per heavy atom. The molecule has 4 nitrogen and oxygen atoms in total. The van der Waals surface area contributed by atoms with E-state index in [-0.39, 0.29) is 36.8 Å². The Balaban J connectivity index is 1.69. The van der Waals surface area contributed by atoms with Crippen LogP contribution < -0.4 is 0 Å². The van der Waals surface area contributed by atoms with Crippen molar-refractivity contribution >= 4 is 5.97 Å². The van der Waals surface area contributed by atoms with Crippen molar-refractivity contribution in [2.24, 2.45) is 0 Å². The van der Waals surface area contributed by atoms with Crippen LogP contribution in [0.25, 0.3) is 0 Å². The van der Waals surface area contributed by atoms with Crippen LogP contribution in [0.5, 0.6) is 0 Å². The van der Waals surface area contributed by atoms with E-state index < -0.39 is 12.2 Å². The van der Waals surface area contributed by atoms with E-state index in [1.165, 1.54) is 17.0 Å². The number of carbonyl (C=O) groups excluding carboxylic acids is 1.